The Morgan fingerprint density at radius 2 is 2.17 bits per heavy atom. The third kappa shape index (κ3) is 2.29. The van der Waals surface area contributed by atoms with E-state index in [2.05, 4.69) is 10.4 Å². The summed E-state index contributed by atoms with van der Waals surface area (Å²) in [5, 5.41) is 7.82. The highest BCUT2D eigenvalue weighted by molar-refractivity contribution is 5.63. The van der Waals surface area contributed by atoms with E-state index in [0.717, 1.165) is 17.8 Å². The lowest BCUT2D eigenvalue weighted by Gasteiger charge is -2.04. The fourth-order valence-electron chi connectivity index (χ4n) is 2.09. The zero-order valence-corrected chi connectivity index (χ0v) is 10.4. The minimum Gasteiger partial charge on any atom is -0.310 e. The van der Waals surface area contributed by atoms with Crippen molar-refractivity contribution in [1.29, 1.82) is 0 Å². The lowest BCUT2D eigenvalue weighted by molar-refractivity contribution is 0.629. The van der Waals surface area contributed by atoms with Gasteiger partial charge in [0, 0.05) is 37.0 Å². The van der Waals surface area contributed by atoms with Gasteiger partial charge < -0.3 is 5.32 Å². The molecule has 3 rings (SSSR count). The van der Waals surface area contributed by atoms with Crippen LogP contribution in [-0.2, 0) is 13.6 Å². The van der Waals surface area contributed by atoms with Gasteiger partial charge in [0.25, 0.3) is 0 Å². The van der Waals surface area contributed by atoms with Crippen molar-refractivity contribution < 1.29 is 4.39 Å². The first-order valence-electron chi connectivity index (χ1n) is 6.25. The van der Waals surface area contributed by atoms with Crippen LogP contribution >= 0.6 is 0 Å². The van der Waals surface area contributed by atoms with Crippen molar-refractivity contribution >= 4 is 0 Å². The molecule has 0 radical (unpaired) electrons. The molecule has 2 aromatic rings. The second-order valence-corrected chi connectivity index (χ2v) is 4.81. The van der Waals surface area contributed by atoms with Crippen LogP contribution in [0.2, 0.25) is 0 Å². The van der Waals surface area contributed by atoms with Crippen molar-refractivity contribution in [2.45, 2.75) is 25.4 Å². The third-order valence-electron chi connectivity index (χ3n) is 3.19. The van der Waals surface area contributed by atoms with Crippen molar-refractivity contribution in [2.24, 2.45) is 7.05 Å². The molecular formula is C14H16FN3. The molecule has 0 amide bonds. The Labute approximate surface area is 106 Å². The van der Waals surface area contributed by atoms with Gasteiger partial charge in [-0.05, 0) is 25.0 Å². The predicted molar refractivity (Wildman–Crippen MR) is 68.5 cm³/mol. The summed E-state index contributed by atoms with van der Waals surface area (Å²) in [7, 11) is 1.87. The smallest absolute Gasteiger partial charge is 0.132 e. The highest BCUT2D eigenvalue weighted by Gasteiger charge is 2.21. The Morgan fingerprint density at radius 3 is 2.89 bits per heavy atom. The number of nitrogens with one attached hydrogen (secondary N) is 1. The molecule has 1 aromatic heterocycles. The topological polar surface area (TPSA) is 29.9 Å². The first-order chi connectivity index (χ1) is 8.74. The van der Waals surface area contributed by atoms with E-state index in [0.29, 0.717) is 11.6 Å². The maximum atomic E-state index is 13.8. The van der Waals surface area contributed by atoms with E-state index in [1.807, 2.05) is 19.3 Å². The second-order valence-electron chi connectivity index (χ2n) is 4.81. The zero-order chi connectivity index (χ0) is 12.5. The molecule has 1 aliphatic carbocycles. The van der Waals surface area contributed by atoms with Crippen LogP contribution in [0.5, 0.6) is 0 Å². The SMILES string of the molecule is Cn1cc(CNC2CC2)c(-c2ccccc2F)n1. The Bertz CT molecular complexity index is 558. The Kier molecular flexibility index (Phi) is 2.88. The molecule has 0 aliphatic heterocycles. The standard InChI is InChI=1S/C14H16FN3/c1-18-9-10(8-16-11-6-7-11)14(17-18)12-4-2-3-5-13(12)15/h2-5,9,11,16H,6-8H2,1H3. The van der Waals surface area contributed by atoms with E-state index in [9.17, 15) is 4.39 Å². The number of hydrogen-bond donors (Lipinski definition) is 1. The van der Waals surface area contributed by atoms with Gasteiger partial charge in [-0.3, -0.25) is 4.68 Å². The summed E-state index contributed by atoms with van der Waals surface area (Å²) in [6.45, 7) is 0.752. The van der Waals surface area contributed by atoms with Gasteiger partial charge >= 0.3 is 0 Å². The molecule has 18 heavy (non-hydrogen) atoms. The molecule has 0 spiro atoms. The minimum absolute atomic E-state index is 0.219. The molecule has 1 N–H and O–H groups in total. The van der Waals surface area contributed by atoms with Crippen molar-refractivity contribution in [3.63, 3.8) is 0 Å². The summed E-state index contributed by atoms with van der Waals surface area (Å²) in [5.41, 5.74) is 2.36. The number of rotatable bonds is 4. The highest BCUT2D eigenvalue weighted by atomic mass is 19.1. The van der Waals surface area contributed by atoms with Gasteiger partial charge in [0.2, 0.25) is 0 Å². The lowest BCUT2D eigenvalue weighted by Crippen LogP contribution is -2.15. The fourth-order valence-corrected chi connectivity index (χ4v) is 2.09. The first kappa shape index (κ1) is 11.4. The van der Waals surface area contributed by atoms with Gasteiger partial charge in [0.05, 0.1) is 5.69 Å². The average Bonchev–Trinajstić information content (AvgIpc) is 3.11. The lowest BCUT2D eigenvalue weighted by atomic mass is 10.1. The van der Waals surface area contributed by atoms with E-state index in [-0.39, 0.29) is 5.82 Å². The van der Waals surface area contributed by atoms with Crippen molar-refractivity contribution in [2.75, 3.05) is 0 Å². The van der Waals surface area contributed by atoms with Crippen LogP contribution in [-0.4, -0.2) is 15.8 Å². The Hall–Kier alpha value is -1.68. The number of aryl methyl sites for hydroxylation is 1. The van der Waals surface area contributed by atoms with Gasteiger partial charge in [-0.15, -0.1) is 0 Å². The summed E-state index contributed by atoms with van der Waals surface area (Å²) < 4.78 is 15.5. The molecule has 1 aromatic carbocycles. The molecule has 1 aliphatic rings. The molecule has 94 valence electrons. The van der Waals surface area contributed by atoms with Crippen LogP contribution in [0.3, 0.4) is 0 Å². The number of benzene rings is 1. The fraction of sp³-hybridized carbons (Fsp3) is 0.357. The summed E-state index contributed by atoms with van der Waals surface area (Å²) in [4.78, 5) is 0. The molecule has 1 saturated carbocycles. The number of halogens is 1. The molecule has 0 saturated heterocycles. The predicted octanol–water partition coefficient (Wildman–Crippen LogP) is 2.48. The summed E-state index contributed by atoms with van der Waals surface area (Å²) >= 11 is 0. The number of nitrogens with zero attached hydrogens (tertiary/aromatic N) is 2. The number of hydrogen-bond acceptors (Lipinski definition) is 2. The van der Waals surface area contributed by atoms with Crippen LogP contribution in [0.15, 0.2) is 30.5 Å². The van der Waals surface area contributed by atoms with Gasteiger partial charge in [-0.25, -0.2) is 4.39 Å². The monoisotopic (exact) mass is 245 g/mol. The Morgan fingerprint density at radius 1 is 1.39 bits per heavy atom. The molecule has 0 atom stereocenters. The molecular weight excluding hydrogens is 229 g/mol. The zero-order valence-electron chi connectivity index (χ0n) is 10.4. The van der Waals surface area contributed by atoms with E-state index in [1.54, 1.807) is 16.8 Å². The molecule has 4 heteroatoms. The normalized spacial score (nSPS) is 15.0. The van der Waals surface area contributed by atoms with Crippen molar-refractivity contribution in [3.05, 3.63) is 41.8 Å². The summed E-state index contributed by atoms with van der Waals surface area (Å²) in [5.74, 6) is -0.219. The molecule has 1 heterocycles. The van der Waals surface area contributed by atoms with Gasteiger partial charge in [-0.2, -0.15) is 5.10 Å². The van der Waals surface area contributed by atoms with Crippen LogP contribution in [0.1, 0.15) is 18.4 Å². The van der Waals surface area contributed by atoms with E-state index >= 15 is 0 Å². The summed E-state index contributed by atoms with van der Waals surface area (Å²) in [6, 6.07) is 7.42. The summed E-state index contributed by atoms with van der Waals surface area (Å²) in [6.07, 6.45) is 4.45. The largest absolute Gasteiger partial charge is 0.310 e. The Balaban J connectivity index is 1.92. The van der Waals surface area contributed by atoms with Crippen molar-refractivity contribution in [3.8, 4) is 11.3 Å². The van der Waals surface area contributed by atoms with E-state index in [1.165, 1.54) is 18.9 Å². The van der Waals surface area contributed by atoms with Crippen LogP contribution in [0.25, 0.3) is 11.3 Å². The van der Waals surface area contributed by atoms with Gasteiger partial charge in [-0.1, -0.05) is 12.1 Å². The van der Waals surface area contributed by atoms with E-state index < -0.39 is 0 Å². The average molecular weight is 245 g/mol. The van der Waals surface area contributed by atoms with Gasteiger partial charge in [0.15, 0.2) is 0 Å². The minimum atomic E-state index is -0.219. The quantitative estimate of drug-likeness (QED) is 0.896. The van der Waals surface area contributed by atoms with E-state index in [4.69, 9.17) is 0 Å². The van der Waals surface area contributed by atoms with Crippen molar-refractivity contribution in [1.82, 2.24) is 15.1 Å². The molecule has 0 bridgehead atoms. The molecule has 3 nitrogen and oxygen atoms in total. The van der Waals surface area contributed by atoms with Crippen LogP contribution in [0.4, 0.5) is 4.39 Å². The molecule has 1 fully saturated rings. The van der Waals surface area contributed by atoms with Crippen LogP contribution in [0, 0.1) is 5.82 Å². The van der Waals surface area contributed by atoms with Crippen LogP contribution < -0.4 is 5.32 Å². The maximum Gasteiger partial charge on any atom is 0.132 e. The maximum absolute atomic E-state index is 13.8. The third-order valence-corrected chi connectivity index (χ3v) is 3.19. The van der Waals surface area contributed by atoms with Gasteiger partial charge in [0.1, 0.15) is 5.82 Å². The second kappa shape index (κ2) is 4.53. The number of aromatic nitrogens is 2. The first-order valence-corrected chi connectivity index (χ1v) is 6.25. The molecule has 0 unspecified atom stereocenters. The highest BCUT2D eigenvalue weighted by Crippen LogP contribution is 2.26.